The molecule has 5 aromatic heterocycles. The lowest BCUT2D eigenvalue weighted by Gasteiger charge is -2.10. The summed E-state index contributed by atoms with van der Waals surface area (Å²) in [6.07, 6.45) is 6.39. The normalized spacial score (nSPS) is 10.9. The van der Waals surface area contributed by atoms with Crippen LogP contribution in [0.1, 0.15) is 39.9 Å². The number of aromatic amines is 1. The number of halogens is 1. The molecule has 5 rings (SSSR count). The van der Waals surface area contributed by atoms with Crippen molar-refractivity contribution in [1.82, 2.24) is 45.2 Å². The smallest absolute Gasteiger partial charge is 0.270 e. The van der Waals surface area contributed by atoms with Crippen LogP contribution in [-0.4, -0.2) is 45.8 Å². The number of carbonyl (C=O) groups is 1. The summed E-state index contributed by atoms with van der Waals surface area (Å²) >= 11 is 0. The van der Waals surface area contributed by atoms with Crippen LogP contribution in [0.4, 0.5) is 16.0 Å². The van der Waals surface area contributed by atoms with Crippen LogP contribution in [0.2, 0.25) is 0 Å². The van der Waals surface area contributed by atoms with Crippen molar-refractivity contribution in [3.63, 3.8) is 0 Å². The van der Waals surface area contributed by atoms with Crippen LogP contribution in [0.15, 0.2) is 55.1 Å². The molecule has 5 aromatic rings. The minimum Gasteiger partial charge on any atom is -0.347 e. The molecule has 0 aromatic carbocycles. The minimum atomic E-state index is -0.442. The molecule has 1 amide bonds. The summed E-state index contributed by atoms with van der Waals surface area (Å²) in [4.78, 5) is 30.6. The van der Waals surface area contributed by atoms with E-state index in [9.17, 15) is 9.18 Å². The monoisotopic (exact) mass is 512 g/mol. The molecule has 12 heteroatoms. The molecule has 0 spiro atoms. The van der Waals surface area contributed by atoms with E-state index in [2.05, 4.69) is 45.9 Å². The number of anilines is 2. The molecule has 0 atom stereocenters. The van der Waals surface area contributed by atoms with E-state index in [0.717, 1.165) is 29.6 Å². The minimum absolute atomic E-state index is 0.255. The van der Waals surface area contributed by atoms with Gasteiger partial charge in [-0.05, 0) is 43.5 Å². The van der Waals surface area contributed by atoms with Gasteiger partial charge in [0.1, 0.15) is 11.5 Å². The predicted octanol–water partition coefficient (Wildman–Crippen LogP) is 3.83. The van der Waals surface area contributed by atoms with Crippen molar-refractivity contribution in [2.75, 3.05) is 5.32 Å². The molecule has 192 valence electrons. The Bertz CT molecular complexity index is 1590. The third-order valence-electron chi connectivity index (χ3n) is 5.72. The first-order chi connectivity index (χ1) is 18.4. The fourth-order valence-electron chi connectivity index (χ4n) is 3.78. The highest BCUT2D eigenvalue weighted by atomic mass is 19.1. The lowest BCUT2D eigenvalue weighted by Crippen LogP contribution is -2.24. The van der Waals surface area contributed by atoms with E-state index in [1.807, 2.05) is 39.0 Å². The largest absolute Gasteiger partial charge is 0.347 e. The number of rotatable bonds is 8. The highest BCUT2D eigenvalue weighted by Crippen LogP contribution is 2.22. The number of aromatic nitrogens is 8. The van der Waals surface area contributed by atoms with Crippen molar-refractivity contribution in [1.29, 1.82) is 0 Å². The average molecular weight is 513 g/mol. The summed E-state index contributed by atoms with van der Waals surface area (Å²) in [5.74, 6) is 1.49. The molecular weight excluding hydrogens is 487 g/mol. The molecule has 0 aliphatic rings. The van der Waals surface area contributed by atoms with E-state index in [4.69, 9.17) is 0 Å². The van der Waals surface area contributed by atoms with Gasteiger partial charge >= 0.3 is 0 Å². The van der Waals surface area contributed by atoms with Gasteiger partial charge in [0.2, 0.25) is 0 Å². The predicted molar refractivity (Wildman–Crippen MR) is 138 cm³/mol. The highest BCUT2D eigenvalue weighted by Gasteiger charge is 2.14. The first kappa shape index (κ1) is 24.7. The van der Waals surface area contributed by atoms with Gasteiger partial charge in [0.25, 0.3) is 5.91 Å². The standard InChI is InChI=1S/C26H25FN10O/c1-4-20-9-22(36-35-20)33-21-8-16(3)32-25(34-21)18-7-15(2)24(29-12-18)26(38)30-11-17-5-6-23(28-10-17)37-14-19(27)13-31-37/h5-10,12-14H,4,11H2,1-3H3,(H,30,38)(H2,32,33,34,35,36). The maximum absolute atomic E-state index is 13.2. The van der Waals surface area contributed by atoms with Gasteiger partial charge in [0, 0.05) is 48.0 Å². The summed E-state index contributed by atoms with van der Waals surface area (Å²) in [5, 5.41) is 17.1. The first-order valence-electron chi connectivity index (χ1n) is 12.0. The van der Waals surface area contributed by atoms with Gasteiger partial charge in [-0.25, -0.2) is 24.0 Å². The molecule has 0 unspecified atom stereocenters. The van der Waals surface area contributed by atoms with Gasteiger partial charge < -0.3 is 10.6 Å². The van der Waals surface area contributed by atoms with Crippen molar-refractivity contribution in [3.05, 3.63) is 89.1 Å². The van der Waals surface area contributed by atoms with E-state index >= 15 is 0 Å². The van der Waals surface area contributed by atoms with Gasteiger partial charge in [0.05, 0.1) is 12.4 Å². The Hall–Kier alpha value is -5.00. The number of hydrogen-bond donors (Lipinski definition) is 3. The number of nitrogens with zero attached hydrogens (tertiary/aromatic N) is 7. The second kappa shape index (κ2) is 10.5. The quantitative estimate of drug-likeness (QED) is 0.285. The van der Waals surface area contributed by atoms with Crippen LogP contribution < -0.4 is 10.6 Å². The number of hydrogen-bond acceptors (Lipinski definition) is 8. The van der Waals surface area contributed by atoms with Gasteiger partial charge in [-0.1, -0.05) is 13.0 Å². The van der Waals surface area contributed by atoms with Crippen LogP contribution in [0.25, 0.3) is 17.2 Å². The molecule has 0 bridgehead atoms. The molecule has 3 N–H and O–H groups in total. The van der Waals surface area contributed by atoms with Crippen LogP contribution >= 0.6 is 0 Å². The third kappa shape index (κ3) is 5.53. The highest BCUT2D eigenvalue weighted by molar-refractivity contribution is 5.94. The number of pyridine rings is 2. The van der Waals surface area contributed by atoms with Crippen molar-refractivity contribution < 1.29 is 9.18 Å². The zero-order valence-corrected chi connectivity index (χ0v) is 21.0. The molecule has 11 nitrogen and oxygen atoms in total. The van der Waals surface area contributed by atoms with Crippen molar-refractivity contribution >= 4 is 17.5 Å². The summed E-state index contributed by atoms with van der Waals surface area (Å²) in [7, 11) is 0. The molecule has 5 heterocycles. The topological polar surface area (TPSA) is 139 Å². The molecule has 0 aliphatic carbocycles. The maximum Gasteiger partial charge on any atom is 0.270 e. The second-order valence-corrected chi connectivity index (χ2v) is 8.68. The molecular formula is C26H25FN10O. The van der Waals surface area contributed by atoms with E-state index in [1.54, 1.807) is 24.5 Å². The summed E-state index contributed by atoms with van der Waals surface area (Å²) in [6, 6.07) is 9.09. The van der Waals surface area contributed by atoms with Gasteiger partial charge in [-0.3, -0.25) is 14.9 Å². The third-order valence-corrected chi connectivity index (χ3v) is 5.72. The van der Waals surface area contributed by atoms with Crippen LogP contribution in [0, 0.1) is 19.7 Å². The van der Waals surface area contributed by atoms with E-state index < -0.39 is 5.82 Å². The molecule has 0 saturated heterocycles. The Morgan fingerprint density at radius 1 is 1.05 bits per heavy atom. The van der Waals surface area contributed by atoms with E-state index in [1.165, 1.54) is 10.9 Å². The molecule has 0 radical (unpaired) electrons. The Balaban J connectivity index is 1.26. The number of nitrogens with one attached hydrogen (secondary N) is 3. The SMILES string of the molecule is CCc1cc(Nc2cc(C)nc(-c3cnc(C(=O)NCc4ccc(-n5cc(F)cn5)nc4)c(C)c3)n2)n[nH]1. The Kier molecular flexibility index (Phi) is 6.85. The number of aryl methyl sites for hydroxylation is 3. The number of carbonyl (C=O) groups excluding carboxylic acids is 1. The Labute approximate surface area is 217 Å². The van der Waals surface area contributed by atoms with Crippen molar-refractivity contribution in [2.24, 2.45) is 0 Å². The van der Waals surface area contributed by atoms with Gasteiger partial charge in [-0.15, -0.1) is 0 Å². The Morgan fingerprint density at radius 2 is 1.92 bits per heavy atom. The second-order valence-electron chi connectivity index (χ2n) is 8.68. The molecule has 0 saturated carbocycles. The molecule has 38 heavy (non-hydrogen) atoms. The molecule has 0 fully saturated rings. The average Bonchev–Trinajstić information content (AvgIpc) is 3.56. The van der Waals surface area contributed by atoms with Crippen molar-refractivity contribution in [2.45, 2.75) is 33.7 Å². The summed E-state index contributed by atoms with van der Waals surface area (Å²) < 4.78 is 14.5. The van der Waals surface area contributed by atoms with Gasteiger partial charge in [-0.2, -0.15) is 10.2 Å². The number of amides is 1. The summed E-state index contributed by atoms with van der Waals surface area (Å²) in [5.41, 5.74) is 4.26. The van der Waals surface area contributed by atoms with Crippen molar-refractivity contribution in [3.8, 4) is 17.2 Å². The molecule has 0 aliphatic heterocycles. The first-order valence-corrected chi connectivity index (χ1v) is 12.0. The number of H-pyrrole nitrogens is 1. The zero-order valence-electron chi connectivity index (χ0n) is 21.0. The van der Waals surface area contributed by atoms with E-state index in [-0.39, 0.29) is 12.5 Å². The van der Waals surface area contributed by atoms with E-state index in [0.29, 0.717) is 40.1 Å². The Morgan fingerprint density at radius 3 is 2.61 bits per heavy atom. The van der Waals surface area contributed by atoms with Crippen LogP contribution in [-0.2, 0) is 13.0 Å². The lowest BCUT2D eigenvalue weighted by atomic mass is 10.1. The van der Waals surface area contributed by atoms with Gasteiger partial charge in [0.15, 0.2) is 23.3 Å². The van der Waals surface area contributed by atoms with Crippen LogP contribution in [0.5, 0.6) is 0 Å². The fraction of sp³-hybridized carbons (Fsp3) is 0.192. The zero-order chi connectivity index (χ0) is 26.6. The lowest BCUT2D eigenvalue weighted by molar-refractivity contribution is 0.0945. The maximum atomic E-state index is 13.2. The van der Waals surface area contributed by atoms with Crippen LogP contribution in [0.3, 0.4) is 0 Å². The fourth-order valence-corrected chi connectivity index (χ4v) is 3.78. The summed E-state index contributed by atoms with van der Waals surface area (Å²) in [6.45, 7) is 6.00.